The predicted octanol–water partition coefficient (Wildman–Crippen LogP) is 3.34. The van der Waals surface area contributed by atoms with Gasteiger partial charge in [-0.2, -0.15) is 13.2 Å². The second kappa shape index (κ2) is 7.35. The van der Waals surface area contributed by atoms with Crippen molar-refractivity contribution in [2.75, 3.05) is 36.0 Å². The summed E-state index contributed by atoms with van der Waals surface area (Å²) in [6.07, 6.45) is -4.48. The number of anilines is 2. The number of amides is 2. The Labute approximate surface area is 161 Å². The maximum Gasteiger partial charge on any atom is 0.416 e. The van der Waals surface area contributed by atoms with Gasteiger partial charge in [0.05, 0.1) is 17.8 Å². The summed E-state index contributed by atoms with van der Waals surface area (Å²) >= 11 is 0. The number of halogens is 3. The largest absolute Gasteiger partial charge is 0.416 e. The van der Waals surface area contributed by atoms with Crippen LogP contribution >= 0.6 is 0 Å². The van der Waals surface area contributed by atoms with E-state index in [2.05, 4.69) is 10.6 Å². The van der Waals surface area contributed by atoms with Crippen molar-refractivity contribution in [2.24, 2.45) is 0 Å². The Bertz CT molecular complexity index is 864. The summed E-state index contributed by atoms with van der Waals surface area (Å²) in [6.45, 7) is 3.11. The zero-order valence-corrected chi connectivity index (χ0v) is 15.2. The summed E-state index contributed by atoms with van der Waals surface area (Å²) in [5, 5.41) is 6.02. The van der Waals surface area contributed by atoms with Gasteiger partial charge in [0.25, 0.3) is 0 Å². The third-order valence-corrected chi connectivity index (χ3v) is 5.12. The van der Waals surface area contributed by atoms with Crippen LogP contribution in [0.3, 0.4) is 0 Å². The van der Waals surface area contributed by atoms with Gasteiger partial charge in [-0.05, 0) is 17.7 Å². The lowest BCUT2D eigenvalue weighted by Gasteiger charge is -2.37. The monoisotopic (exact) mass is 390 g/mol. The molecule has 2 N–H and O–H groups in total. The van der Waals surface area contributed by atoms with Gasteiger partial charge in [0, 0.05) is 44.0 Å². The number of hydrogen-bond donors (Lipinski definition) is 2. The highest BCUT2D eigenvalue weighted by Gasteiger charge is 2.36. The highest BCUT2D eigenvalue weighted by Crippen LogP contribution is 2.40. The van der Waals surface area contributed by atoms with Crippen molar-refractivity contribution >= 4 is 17.4 Å². The maximum atomic E-state index is 13.6. The number of benzene rings is 2. The van der Waals surface area contributed by atoms with Gasteiger partial charge < -0.3 is 15.5 Å². The zero-order valence-electron chi connectivity index (χ0n) is 15.2. The molecule has 2 heterocycles. The van der Waals surface area contributed by atoms with Gasteiger partial charge in [0.2, 0.25) is 0 Å². The fourth-order valence-corrected chi connectivity index (χ4v) is 3.71. The molecule has 0 aromatic heterocycles. The molecule has 28 heavy (non-hydrogen) atoms. The van der Waals surface area contributed by atoms with E-state index in [1.807, 2.05) is 35.2 Å². The molecular formula is C20H21F3N4O. The molecule has 1 saturated heterocycles. The van der Waals surface area contributed by atoms with Crippen molar-refractivity contribution < 1.29 is 18.0 Å². The predicted molar refractivity (Wildman–Crippen MR) is 101 cm³/mol. The molecule has 0 radical (unpaired) electrons. The fourth-order valence-electron chi connectivity index (χ4n) is 3.71. The number of alkyl halides is 3. The minimum Gasteiger partial charge on any atom is -0.369 e. The Morgan fingerprint density at radius 3 is 2.36 bits per heavy atom. The molecule has 2 aliphatic rings. The number of nitrogens with zero attached hydrogens (tertiary/aromatic N) is 2. The van der Waals surface area contributed by atoms with E-state index >= 15 is 0 Å². The van der Waals surface area contributed by atoms with Crippen LogP contribution in [-0.2, 0) is 19.3 Å². The number of piperazine rings is 1. The number of hydrogen-bond acceptors (Lipinski definition) is 3. The first kappa shape index (κ1) is 18.6. The number of carbonyl (C=O) groups is 1. The van der Waals surface area contributed by atoms with Gasteiger partial charge in [0.1, 0.15) is 0 Å². The highest BCUT2D eigenvalue weighted by atomic mass is 19.4. The van der Waals surface area contributed by atoms with E-state index in [4.69, 9.17) is 0 Å². The first-order valence-electron chi connectivity index (χ1n) is 9.22. The SMILES string of the molecule is O=C1NCc2c(N3CCNCC3)cc(C(F)(F)F)cc2N1Cc1ccccc1. The summed E-state index contributed by atoms with van der Waals surface area (Å²) < 4.78 is 40.8. The van der Waals surface area contributed by atoms with E-state index in [1.165, 1.54) is 11.0 Å². The fraction of sp³-hybridized carbons (Fsp3) is 0.350. The molecule has 148 valence electrons. The Morgan fingerprint density at radius 1 is 1.00 bits per heavy atom. The van der Waals surface area contributed by atoms with Crippen molar-refractivity contribution in [3.05, 3.63) is 59.2 Å². The highest BCUT2D eigenvalue weighted by molar-refractivity contribution is 5.96. The summed E-state index contributed by atoms with van der Waals surface area (Å²) in [7, 11) is 0. The summed E-state index contributed by atoms with van der Waals surface area (Å²) in [5.74, 6) is 0. The summed E-state index contributed by atoms with van der Waals surface area (Å²) in [4.78, 5) is 15.9. The molecular weight excluding hydrogens is 369 g/mol. The Morgan fingerprint density at radius 2 is 1.68 bits per heavy atom. The van der Waals surface area contributed by atoms with E-state index in [-0.39, 0.29) is 19.1 Å². The molecule has 5 nitrogen and oxygen atoms in total. The van der Waals surface area contributed by atoms with Crippen LogP contribution in [0.1, 0.15) is 16.7 Å². The average Bonchev–Trinajstić information content (AvgIpc) is 2.70. The molecule has 2 aromatic rings. The molecule has 1 fully saturated rings. The van der Waals surface area contributed by atoms with Crippen LogP contribution in [0, 0.1) is 0 Å². The van der Waals surface area contributed by atoms with Crippen LogP contribution in [-0.4, -0.2) is 32.2 Å². The van der Waals surface area contributed by atoms with Gasteiger partial charge in [-0.1, -0.05) is 30.3 Å². The van der Waals surface area contributed by atoms with Crippen LogP contribution in [0.4, 0.5) is 29.3 Å². The number of fused-ring (bicyclic) bond motifs is 1. The number of carbonyl (C=O) groups excluding carboxylic acids is 1. The van der Waals surface area contributed by atoms with Gasteiger partial charge in [-0.25, -0.2) is 4.79 Å². The first-order valence-corrected chi connectivity index (χ1v) is 9.22. The van der Waals surface area contributed by atoms with Crippen LogP contribution in [0.25, 0.3) is 0 Å². The molecule has 2 aromatic carbocycles. The van der Waals surface area contributed by atoms with E-state index in [0.717, 1.165) is 17.2 Å². The van der Waals surface area contributed by atoms with Crippen molar-refractivity contribution in [3.8, 4) is 0 Å². The molecule has 0 atom stereocenters. The summed E-state index contributed by atoms with van der Waals surface area (Å²) in [6, 6.07) is 11.2. The van der Waals surface area contributed by atoms with Crippen molar-refractivity contribution in [1.29, 1.82) is 0 Å². The molecule has 8 heteroatoms. The van der Waals surface area contributed by atoms with Crippen LogP contribution in [0.5, 0.6) is 0 Å². The molecule has 0 bridgehead atoms. The van der Waals surface area contributed by atoms with E-state index in [0.29, 0.717) is 37.6 Å². The lowest BCUT2D eigenvalue weighted by Crippen LogP contribution is -2.47. The lowest BCUT2D eigenvalue weighted by molar-refractivity contribution is -0.137. The molecule has 4 rings (SSSR count). The minimum absolute atomic E-state index is 0.210. The van der Waals surface area contributed by atoms with Gasteiger partial charge in [-0.3, -0.25) is 4.90 Å². The Balaban J connectivity index is 1.81. The Hall–Kier alpha value is -2.74. The minimum atomic E-state index is -4.48. The second-order valence-electron chi connectivity index (χ2n) is 6.96. The van der Waals surface area contributed by atoms with Crippen molar-refractivity contribution in [3.63, 3.8) is 0 Å². The first-order chi connectivity index (χ1) is 13.4. The topological polar surface area (TPSA) is 47.6 Å². The Kier molecular flexibility index (Phi) is 4.89. The van der Waals surface area contributed by atoms with Crippen LogP contribution in [0.2, 0.25) is 0 Å². The standard InChI is InChI=1S/C20H21F3N4O/c21-20(22,23)15-10-17(26-8-6-24-7-9-26)16-12-25-19(28)27(18(16)11-15)13-14-4-2-1-3-5-14/h1-5,10-11,24H,6-9,12-13H2,(H,25,28). The number of nitrogens with one attached hydrogen (secondary N) is 2. The molecule has 0 unspecified atom stereocenters. The van der Waals surface area contributed by atoms with Crippen molar-refractivity contribution in [2.45, 2.75) is 19.3 Å². The smallest absolute Gasteiger partial charge is 0.369 e. The zero-order chi connectivity index (χ0) is 19.7. The molecule has 0 aliphatic carbocycles. The molecule has 2 aliphatic heterocycles. The number of rotatable bonds is 3. The quantitative estimate of drug-likeness (QED) is 0.845. The van der Waals surface area contributed by atoms with Gasteiger partial charge in [0.15, 0.2) is 0 Å². The maximum absolute atomic E-state index is 13.6. The van der Waals surface area contributed by atoms with Gasteiger partial charge >= 0.3 is 12.2 Å². The van der Waals surface area contributed by atoms with E-state index in [9.17, 15) is 18.0 Å². The third-order valence-electron chi connectivity index (χ3n) is 5.12. The molecule has 0 saturated carbocycles. The second-order valence-corrected chi connectivity index (χ2v) is 6.96. The van der Waals surface area contributed by atoms with Gasteiger partial charge in [-0.15, -0.1) is 0 Å². The molecule has 0 spiro atoms. The van der Waals surface area contributed by atoms with Crippen molar-refractivity contribution in [1.82, 2.24) is 10.6 Å². The summed E-state index contributed by atoms with van der Waals surface area (Å²) in [5.41, 5.74) is 1.73. The van der Waals surface area contributed by atoms with E-state index < -0.39 is 11.7 Å². The van der Waals surface area contributed by atoms with E-state index in [1.54, 1.807) is 0 Å². The lowest BCUT2D eigenvalue weighted by atomic mass is 10.0. The average molecular weight is 390 g/mol. The normalized spacial score (nSPS) is 17.3. The molecule has 2 amide bonds. The number of urea groups is 1. The van der Waals surface area contributed by atoms with Crippen LogP contribution in [0.15, 0.2) is 42.5 Å². The van der Waals surface area contributed by atoms with Crippen LogP contribution < -0.4 is 20.4 Å². The third kappa shape index (κ3) is 3.64.